The molecule has 0 radical (unpaired) electrons. The lowest BCUT2D eigenvalue weighted by molar-refractivity contribution is 0.787. The molecule has 0 unspecified atom stereocenters. The van der Waals surface area contributed by atoms with Crippen LogP contribution in [0.3, 0.4) is 0 Å². The van der Waals surface area contributed by atoms with Gasteiger partial charge in [0.15, 0.2) is 5.16 Å². The molecule has 0 fully saturated rings. The number of thioether (sulfide) groups is 1. The van der Waals surface area contributed by atoms with E-state index in [9.17, 15) is 4.79 Å². The minimum Gasteiger partial charge on any atom is -0.298 e. The van der Waals surface area contributed by atoms with Crippen molar-refractivity contribution in [1.82, 2.24) is 15.2 Å². The number of hydrogen-bond donors (Lipinski definition) is 1. The largest absolute Gasteiger partial charge is 0.298 e. The highest BCUT2D eigenvalue weighted by Gasteiger charge is 2.02. The molecule has 0 amide bonds. The van der Waals surface area contributed by atoms with Crippen molar-refractivity contribution in [2.45, 2.75) is 31.2 Å². The third-order valence-electron chi connectivity index (χ3n) is 1.19. The number of aromatic amines is 1. The third-order valence-corrected chi connectivity index (χ3v) is 2.07. The van der Waals surface area contributed by atoms with Crippen molar-refractivity contribution in [3.63, 3.8) is 0 Å². The number of aromatic nitrogens is 3. The van der Waals surface area contributed by atoms with Gasteiger partial charge in [0.25, 0.3) is 5.56 Å². The van der Waals surface area contributed by atoms with E-state index in [4.69, 9.17) is 0 Å². The van der Waals surface area contributed by atoms with E-state index in [1.54, 1.807) is 6.92 Å². The first-order valence-electron chi connectivity index (χ1n) is 3.70. The Labute approximate surface area is 74.8 Å². The Morgan fingerprint density at radius 3 is 2.58 bits per heavy atom. The molecule has 1 aromatic heterocycles. The summed E-state index contributed by atoms with van der Waals surface area (Å²) >= 11 is 1.49. The lowest BCUT2D eigenvalue weighted by Crippen LogP contribution is -2.14. The predicted octanol–water partition coefficient (Wildman–Crippen LogP) is 0.974. The predicted molar refractivity (Wildman–Crippen MR) is 48.4 cm³/mol. The summed E-state index contributed by atoms with van der Waals surface area (Å²) in [5, 5.41) is 8.54. The van der Waals surface area contributed by atoms with Crippen molar-refractivity contribution in [3.8, 4) is 0 Å². The third kappa shape index (κ3) is 2.34. The van der Waals surface area contributed by atoms with Crippen LogP contribution in [-0.4, -0.2) is 20.4 Å². The fourth-order valence-electron chi connectivity index (χ4n) is 0.655. The average molecular weight is 185 g/mol. The molecule has 0 saturated heterocycles. The lowest BCUT2D eigenvalue weighted by atomic mass is 10.5. The zero-order valence-electron chi connectivity index (χ0n) is 7.29. The van der Waals surface area contributed by atoms with Crippen LogP contribution in [0.25, 0.3) is 0 Å². The Kier molecular flexibility index (Phi) is 2.86. The van der Waals surface area contributed by atoms with Gasteiger partial charge in [-0.2, -0.15) is 0 Å². The zero-order chi connectivity index (χ0) is 9.14. The van der Waals surface area contributed by atoms with E-state index in [0.29, 0.717) is 16.1 Å². The van der Waals surface area contributed by atoms with Crippen LogP contribution in [0.5, 0.6) is 0 Å². The summed E-state index contributed by atoms with van der Waals surface area (Å²) in [4.78, 5) is 13.7. The summed E-state index contributed by atoms with van der Waals surface area (Å²) in [6.45, 7) is 5.70. The first-order valence-corrected chi connectivity index (χ1v) is 4.58. The van der Waals surface area contributed by atoms with Gasteiger partial charge in [-0.05, 0) is 6.92 Å². The fourth-order valence-corrected chi connectivity index (χ4v) is 1.34. The topological polar surface area (TPSA) is 58.6 Å². The molecule has 1 rings (SSSR count). The normalized spacial score (nSPS) is 10.7. The van der Waals surface area contributed by atoms with Gasteiger partial charge in [0.05, 0.1) is 0 Å². The standard InChI is InChI=1S/C7H11N3OS/c1-4(2)12-7-8-6(11)5(3)9-10-7/h4H,1-3H3,(H,8,10,11). The van der Waals surface area contributed by atoms with E-state index >= 15 is 0 Å². The molecule has 12 heavy (non-hydrogen) atoms. The van der Waals surface area contributed by atoms with Crippen LogP contribution in [0.4, 0.5) is 0 Å². The van der Waals surface area contributed by atoms with Crippen molar-refractivity contribution in [2.75, 3.05) is 0 Å². The van der Waals surface area contributed by atoms with Gasteiger partial charge in [0.2, 0.25) is 0 Å². The van der Waals surface area contributed by atoms with Crippen LogP contribution < -0.4 is 5.56 Å². The van der Waals surface area contributed by atoms with E-state index in [2.05, 4.69) is 15.2 Å². The number of hydrogen-bond acceptors (Lipinski definition) is 4. The molecule has 1 N–H and O–H groups in total. The average Bonchev–Trinajstić information content (AvgIpc) is 1.96. The van der Waals surface area contributed by atoms with Crippen molar-refractivity contribution >= 4 is 11.8 Å². The van der Waals surface area contributed by atoms with Gasteiger partial charge >= 0.3 is 0 Å². The van der Waals surface area contributed by atoms with E-state index in [1.807, 2.05) is 13.8 Å². The maximum atomic E-state index is 11.0. The van der Waals surface area contributed by atoms with E-state index in [0.717, 1.165) is 0 Å². The van der Waals surface area contributed by atoms with Crippen molar-refractivity contribution in [2.24, 2.45) is 0 Å². The van der Waals surface area contributed by atoms with Gasteiger partial charge in [-0.25, -0.2) is 0 Å². The van der Waals surface area contributed by atoms with E-state index < -0.39 is 0 Å². The monoisotopic (exact) mass is 185 g/mol. The molecule has 1 aromatic rings. The highest BCUT2D eigenvalue weighted by atomic mass is 32.2. The maximum Gasteiger partial charge on any atom is 0.273 e. The smallest absolute Gasteiger partial charge is 0.273 e. The minimum atomic E-state index is -0.159. The van der Waals surface area contributed by atoms with Gasteiger partial charge in [-0.1, -0.05) is 25.6 Å². The number of nitrogens with zero attached hydrogens (tertiary/aromatic N) is 2. The summed E-state index contributed by atoms with van der Waals surface area (Å²) in [6.07, 6.45) is 0. The summed E-state index contributed by atoms with van der Waals surface area (Å²) in [5.41, 5.74) is 0.247. The second-order valence-electron chi connectivity index (χ2n) is 2.71. The van der Waals surface area contributed by atoms with Crippen LogP contribution in [0, 0.1) is 6.92 Å². The number of aryl methyl sites for hydroxylation is 1. The zero-order valence-corrected chi connectivity index (χ0v) is 8.10. The number of rotatable bonds is 2. The highest BCUT2D eigenvalue weighted by molar-refractivity contribution is 7.99. The molecule has 0 aromatic carbocycles. The van der Waals surface area contributed by atoms with Crippen LogP contribution in [-0.2, 0) is 0 Å². The lowest BCUT2D eigenvalue weighted by Gasteiger charge is -2.01. The summed E-state index contributed by atoms with van der Waals surface area (Å²) in [5.74, 6) is 0. The summed E-state index contributed by atoms with van der Waals surface area (Å²) < 4.78 is 0. The van der Waals surface area contributed by atoms with Gasteiger partial charge < -0.3 is 0 Å². The molecule has 66 valence electrons. The number of H-pyrrole nitrogens is 1. The minimum absolute atomic E-state index is 0.159. The molecule has 0 aliphatic carbocycles. The van der Waals surface area contributed by atoms with Crippen molar-refractivity contribution in [3.05, 3.63) is 16.0 Å². The molecule has 0 aliphatic heterocycles. The summed E-state index contributed by atoms with van der Waals surface area (Å²) in [6, 6.07) is 0. The molecule has 0 aliphatic rings. The summed E-state index contributed by atoms with van der Waals surface area (Å²) in [7, 11) is 0. The van der Waals surface area contributed by atoms with E-state index in [1.165, 1.54) is 11.8 Å². The first-order chi connectivity index (χ1) is 5.59. The quantitative estimate of drug-likeness (QED) is 0.697. The van der Waals surface area contributed by atoms with Gasteiger partial charge in [-0.15, -0.1) is 10.2 Å². The Morgan fingerprint density at radius 2 is 2.08 bits per heavy atom. The first kappa shape index (κ1) is 9.25. The fraction of sp³-hybridized carbons (Fsp3) is 0.571. The Balaban J connectivity index is 2.90. The van der Waals surface area contributed by atoms with Gasteiger partial charge in [0, 0.05) is 5.25 Å². The Bertz CT molecular complexity index is 321. The molecule has 0 bridgehead atoms. The van der Waals surface area contributed by atoms with E-state index in [-0.39, 0.29) is 5.56 Å². The van der Waals surface area contributed by atoms with Crippen LogP contribution in [0.15, 0.2) is 9.95 Å². The molecular formula is C7H11N3OS. The Morgan fingerprint density at radius 1 is 1.42 bits per heavy atom. The molecule has 4 nitrogen and oxygen atoms in total. The molecule has 5 heteroatoms. The second-order valence-corrected chi connectivity index (χ2v) is 4.28. The highest BCUT2D eigenvalue weighted by Crippen LogP contribution is 2.15. The maximum absolute atomic E-state index is 11.0. The number of nitrogens with one attached hydrogen (secondary N) is 1. The molecule has 0 spiro atoms. The molecule has 0 saturated carbocycles. The SMILES string of the molecule is Cc1nnc(SC(C)C)[nH]c1=O. The molecule has 0 atom stereocenters. The second kappa shape index (κ2) is 3.71. The Hall–Kier alpha value is -0.840. The van der Waals surface area contributed by atoms with Crippen molar-refractivity contribution in [1.29, 1.82) is 0 Å². The van der Waals surface area contributed by atoms with Crippen molar-refractivity contribution < 1.29 is 0 Å². The van der Waals surface area contributed by atoms with Crippen LogP contribution in [0.1, 0.15) is 19.5 Å². The molecular weight excluding hydrogens is 174 g/mol. The van der Waals surface area contributed by atoms with Gasteiger partial charge in [0.1, 0.15) is 5.69 Å². The van der Waals surface area contributed by atoms with Crippen LogP contribution in [0.2, 0.25) is 0 Å². The van der Waals surface area contributed by atoms with Gasteiger partial charge in [-0.3, -0.25) is 9.78 Å². The molecule has 1 heterocycles. The van der Waals surface area contributed by atoms with Crippen LogP contribution >= 0.6 is 11.8 Å².